The number of hydrogen-bond acceptors (Lipinski definition) is 3. The van der Waals surface area contributed by atoms with Crippen LogP contribution < -0.4 is 10.6 Å². The summed E-state index contributed by atoms with van der Waals surface area (Å²) in [4.78, 5) is 28.2. The Kier molecular flexibility index (Phi) is 5.86. The fourth-order valence-electron chi connectivity index (χ4n) is 2.15. The normalized spacial score (nSPS) is 10.2. The molecule has 2 aromatic rings. The van der Waals surface area contributed by atoms with E-state index in [1.54, 1.807) is 13.0 Å². The standard InChI is InChI=1S/C18H21N3O2/c1-3-11-19-17(22)12-20-18(23)15-9-10-16(21-13(15)2)14-7-5-4-6-8-14/h4-10H,3,11-12H2,1-2H3,(H,19,22)(H,20,23). The van der Waals surface area contributed by atoms with E-state index in [9.17, 15) is 9.59 Å². The monoisotopic (exact) mass is 311 g/mol. The lowest BCUT2D eigenvalue weighted by Gasteiger charge is -2.09. The van der Waals surface area contributed by atoms with Gasteiger partial charge in [0, 0.05) is 12.1 Å². The van der Waals surface area contributed by atoms with Gasteiger partial charge in [-0.05, 0) is 25.5 Å². The molecule has 5 heteroatoms. The van der Waals surface area contributed by atoms with E-state index < -0.39 is 0 Å². The van der Waals surface area contributed by atoms with E-state index in [0.717, 1.165) is 17.7 Å². The van der Waals surface area contributed by atoms with Crippen molar-refractivity contribution in [1.82, 2.24) is 15.6 Å². The lowest BCUT2D eigenvalue weighted by molar-refractivity contribution is -0.120. The number of nitrogens with one attached hydrogen (secondary N) is 2. The van der Waals surface area contributed by atoms with Crippen LogP contribution in [0.1, 0.15) is 29.4 Å². The van der Waals surface area contributed by atoms with Crippen molar-refractivity contribution < 1.29 is 9.59 Å². The van der Waals surface area contributed by atoms with Crippen molar-refractivity contribution in [1.29, 1.82) is 0 Å². The molecule has 120 valence electrons. The van der Waals surface area contributed by atoms with Crippen LogP contribution in [0.2, 0.25) is 0 Å². The molecule has 0 atom stereocenters. The van der Waals surface area contributed by atoms with Crippen LogP contribution in [-0.2, 0) is 4.79 Å². The first-order valence-electron chi connectivity index (χ1n) is 7.69. The molecule has 0 spiro atoms. The van der Waals surface area contributed by atoms with Crippen molar-refractivity contribution in [2.45, 2.75) is 20.3 Å². The highest BCUT2D eigenvalue weighted by Crippen LogP contribution is 2.18. The molecule has 2 N–H and O–H groups in total. The quantitative estimate of drug-likeness (QED) is 0.860. The predicted molar refractivity (Wildman–Crippen MR) is 90.0 cm³/mol. The van der Waals surface area contributed by atoms with Crippen LogP contribution in [0.5, 0.6) is 0 Å². The Morgan fingerprint density at radius 1 is 1.04 bits per heavy atom. The number of nitrogens with zero attached hydrogens (tertiary/aromatic N) is 1. The summed E-state index contributed by atoms with van der Waals surface area (Å²) in [6.07, 6.45) is 0.865. The van der Waals surface area contributed by atoms with Gasteiger partial charge in [0.1, 0.15) is 0 Å². The van der Waals surface area contributed by atoms with Gasteiger partial charge < -0.3 is 10.6 Å². The molecule has 2 amide bonds. The number of amides is 2. The van der Waals surface area contributed by atoms with Crippen molar-refractivity contribution in [3.05, 3.63) is 53.7 Å². The maximum Gasteiger partial charge on any atom is 0.253 e. The highest BCUT2D eigenvalue weighted by Gasteiger charge is 2.12. The number of benzene rings is 1. The van der Waals surface area contributed by atoms with Crippen LogP contribution >= 0.6 is 0 Å². The van der Waals surface area contributed by atoms with E-state index in [2.05, 4.69) is 15.6 Å². The molecule has 5 nitrogen and oxygen atoms in total. The van der Waals surface area contributed by atoms with Crippen LogP contribution in [0.3, 0.4) is 0 Å². The largest absolute Gasteiger partial charge is 0.355 e. The Balaban J connectivity index is 2.03. The molecule has 23 heavy (non-hydrogen) atoms. The number of aryl methyl sites for hydroxylation is 1. The molecule has 0 fully saturated rings. The van der Waals surface area contributed by atoms with Gasteiger partial charge in [-0.3, -0.25) is 14.6 Å². The molecule has 2 rings (SSSR count). The average molecular weight is 311 g/mol. The zero-order valence-electron chi connectivity index (χ0n) is 13.4. The minimum Gasteiger partial charge on any atom is -0.355 e. The van der Waals surface area contributed by atoms with Gasteiger partial charge in [0.2, 0.25) is 5.91 Å². The topological polar surface area (TPSA) is 71.1 Å². The molecule has 1 aromatic carbocycles. The summed E-state index contributed by atoms with van der Waals surface area (Å²) < 4.78 is 0. The second kappa shape index (κ2) is 8.08. The Hall–Kier alpha value is -2.69. The Morgan fingerprint density at radius 2 is 1.78 bits per heavy atom. The number of carbonyl (C=O) groups excluding carboxylic acids is 2. The molecule has 0 unspecified atom stereocenters. The van der Waals surface area contributed by atoms with Gasteiger partial charge in [0.05, 0.1) is 23.5 Å². The van der Waals surface area contributed by atoms with E-state index in [1.165, 1.54) is 0 Å². The van der Waals surface area contributed by atoms with Gasteiger partial charge in [-0.1, -0.05) is 37.3 Å². The van der Waals surface area contributed by atoms with E-state index in [1.807, 2.05) is 43.3 Å². The van der Waals surface area contributed by atoms with E-state index in [0.29, 0.717) is 17.8 Å². The predicted octanol–water partition coefficient (Wildman–Crippen LogP) is 2.31. The molecular weight excluding hydrogens is 290 g/mol. The van der Waals surface area contributed by atoms with Crippen LogP contribution in [0.25, 0.3) is 11.3 Å². The fraction of sp³-hybridized carbons (Fsp3) is 0.278. The van der Waals surface area contributed by atoms with Crippen molar-refractivity contribution in [3.8, 4) is 11.3 Å². The maximum absolute atomic E-state index is 12.2. The van der Waals surface area contributed by atoms with Crippen molar-refractivity contribution in [2.75, 3.05) is 13.1 Å². The van der Waals surface area contributed by atoms with Crippen molar-refractivity contribution in [3.63, 3.8) is 0 Å². The number of pyridine rings is 1. The second-order valence-electron chi connectivity index (χ2n) is 5.23. The third kappa shape index (κ3) is 4.64. The molecule has 0 bridgehead atoms. The van der Waals surface area contributed by atoms with Gasteiger partial charge in [-0.25, -0.2) is 0 Å². The molecular formula is C18H21N3O2. The molecule has 0 aliphatic carbocycles. The van der Waals surface area contributed by atoms with Gasteiger partial charge in [0.25, 0.3) is 5.91 Å². The number of hydrogen-bond donors (Lipinski definition) is 2. The fourth-order valence-corrected chi connectivity index (χ4v) is 2.15. The molecule has 0 saturated heterocycles. The summed E-state index contributed by atoms with van der Waals surface area (Å²) in [5.74, 6) is -0.479. The first kappa shape index (κ1) is 16.7. The summed E-state index contributed by atoms with van der Waals surface area (Å²) in [6.45, 7) is 4.35. The molecule has 0 saturated carbocycles. The third-order valence-corrected chi connectivity index (χ3v) is 3.38. The summed E-state index contributed by atoms with van der Waals surface area (Å²) in [6, 6.07) is 13.3. The Labute approximate surface area is 136 Å². The first-order valence-corrected chi connectivity index (χ1v) is 7.69. The van der Waals surface area contributed by atoms with Crippen LogP contribution in [0, 0.1) is 6.92 Å². The van der Waals surface area contributed by atoms with Gasteiger partial charge >= 0.3 is 0 Å². The summed E-state index contributed by atoms with van der Waals surface area (Å²) in [5, 5.41) is 5.33. The lowest BCUT2D eigenvalue weighted by Crippen LogP contribution is -2.37. The Bertz CT molecular complexity index is 684. The van der Waals surface area contributed by atoms with Crippen LogP contribution in [0.4, 0.5) is 0 Å². The van der Waals surface area contributed by atoms with Crippen LogP contribution in [0.15, 0.2) is 42.5 Å². The number of carbonyl (C=O) groups is 2. The summed E-state index contributed by atoms with van der Waals surface area (Å²) in [5.41, 5.74) is 2.94. The van der Waals surface area contributed by atoms with Crippen molar-refractivity contribution in [2.24, 2.45) is 0 Å². The van der Waals surface area contributed by atoms with Gasteiger partial charge in [-0.2, -0.15) is 0 Å². The first-order chi connectivity index (χ1) is 11.1. The van der Waals surface area contributed by atoms with Gasteiger partial charge in [-0.15, -0.1) is 0 Å². The molecule has 0 aliphatic rings. The van der Waals surface area contributed by atoms with E-state index in [4.69, 9.17) is 0 Å². The maximum atomic E-state index is 12.2. The molecule has 0 radical (unpaired) electrons. The molecule has 0 aliphatic heterocycles. The van der Waals surface area contributed by atoms with Gasteiger partial charge in [0.15, 0.2) is 0 Å². The minimum absolute atomic E-state index is 0.0291. The van der Waals surface area contributed by atoms with Crippen LogP contribution in [-0.4, -0.2) is 29.9 Å². The smallest absolute Gasteiger partial charge is 0.253 e. The Morgan fingerprint density at radius 3 is 2.43 bits per heavy atom. The molecule has 1 heterocycles. The summed E-state index contributed by atoms with van der Waals surface area (Å²) >= 11 is 0. The van der Waals surface area contributed by atoms with E-state index in [-0.39, 0.29) is 18.4 Å². The highest BCUT2D eigenvalue weighted by molar-refractivity contribution is 5.97. The third-order valence-electron chi connectivity index (χ3n) is 3.38. The summed E-state index contributed by atoms with van der Waals surface area (Å²) in [7, 11) is 0. The second-order valence-corrected chi connectivity index (χ2v) is 5.23. The zero-order chi connectivity index (χ0) is 16.7. The van der Waals surface area contributed by atoms with E-state index >= 15 is 0 Å². The minimum atomic E-state index is -0.290. The lowest BCUT2D eigenvalue weighted by atomic mass is 10.1. The number of aromatic nitrogens is 1. The average Bonchev–Trinajstić information content (AvgIpc) is 2.58. The number of rotatable bonds is 6. The van der Waals surface area contributed by atoms with Crippen molar-refractivity contribution >= 4 is 11.8 Å². The zero-order valence-corrected chi connectivity index (χ0v) is 13.4. The molecule has 1 aromatic heterocycles. The highest BCUT2D eigenvalue weighted by atomic mass is 16.2. The SMILES string of the molecule is CCCNC(=O)CNC(=O)c1ccc(-c2ccccc2)nc1C.